The largest absolute Gasteiger partial charge is 0.396 e. The zero-order valence-electron chi connectivity index (χ0n) is 21.5. The Labute approximate surface area is 192 Å². The molecule has 0 aliphatic heterocycles. The minimum Gasteiger partial charge on any atom is -0.396 e. The van der Waals surface area contributed by atoms with Crippen molar-refractivity contribution in [1.82, 2.24) is 0 Å². The fourth-order valence-corrected chi connectivity index (χ4v) is 11.7. The number of hydrogen-bond acceptors (Lipinski definition) is 1. The van der Waals surface area contributed by atoms with Gasteiger partial charge in [-0.15, -0.1) is 0 Å². The molecule has 0 aromatic rings. The Morgan fingerprint density at radius 1 is 0.806 bits per heavy atom. The van der Waals surface area contributed by atoms with Crippen LogP contribution in [0, 0.1) is 56.7 Å². The van der Waals surface area contributed by atoms with Crippen molar-refractivity contribution in [3.63, 3.8) is 0 Å². The summed E-state index contributed by atoms with van der Waals surface area (Å²) in [5.41, 5.74) is 3.50. The average Bonchev–Trinajstić information content (AvgIpc) is 3.08. The highest BCUT2D eigenvalue weighted by molar-refractivity contribution is 5.21. The van der Waals surface area contributed by atoms with Gasteiger partial charge >= 0.3 is 0 Å². The number of allylic oxidation sites excluding steroid dienone is 1. The molecular formula is C30H50O. The summed E-state index contributed by atoms with van der Waals surface area (Å²) in [6, 6.07) is 0. The van der Waals surface area contributed by atoms with Crippen LogP contribution in [0.5, 0.6) is 0 Å². The molecule has 0 spiro atoms. The molecule has 31 heavy (non-hydrogen) atoms. The molecule has 0 aromatic heterocycles. The van der Waals surface area contributed by atoms with Gasteiger partial charge in [0.05, 0.1) is 0 Å². The lowest BCUT2D eigenvalue weighted by molar-refractivity contribution is -0.238. The second kappa shape index (κ2) is 6.86. The smallest absolute Gasteiger partial charge is 0.0490 e. The summed E-state index contributed by atoms with van der Waals surface area (Å²) in [4.78, 5) is 0. The molecule has 5 rings (SSSR count). The molecule has 176 valence electrons. The van der Waals surface area contributed by atoms with Crippen LogP contribution in [0.25, 0.3) is 0 Å². The van der Waals surface area contributed by atoms with Crippen molar-refractivity contribution >= 4 is 0 Å². The van der Waals surface area contributed by atoms with Crippen molar-refractivity contribution in [2.75, 3.05) is 6.61 Å². The molecule has 0 unspecified atom stereocenters. The minimum atomic E-state index is 0.185. The van der Waals surface area contributed by atoms with E-state index in [4.69, 9.17) is 0 Å². The van der Waals surface area contributed by atoms with Gasteiger partial charge in [0.15, 0.2) is 0 Å². The second-order valence-corrected chi connectivity index (χ2v) is 14.5. The van der Waals surface area contributed by atoms with Crippen molar-refractivity contribution in [2.24, 2.45) is 56.7 Å². The quantitative estimate of drug-likeness (QED) is 0.443. The van der Waals surface area contributed by atoms with Gasteiger partial charge in [0.1, 0.15) is 0 Å². The van der Waals surface area contributed by atoms with Gasteiger partial charge in [0, 0.05) is 6.61 Å². The maximum absolute atomic E-state index is 10.6. The van der Waals surface area contributed by atoms with Gasteiger partial charge in [0.25, 0.3) is 0 Å². The van der Waals surface area contributed by atoms with E-state index in [1.807, 2.05) is 0 Å². The highest BCUT2D eigenvalue weighted by atomic mass is 16.3. The highest BCUT2D eigenvalue weighted by Crippen LogP contribution is 2.77. The number of aliphatic hydroxyl groups excluding tert-OH is 1. The topological polar surface area (TPSA) is 20.2 Å². The van der Waals surface area contributed by atoms with E-state index < -0.39 is 0 Å². The zero-order valence-corrected chi connectivity index (χ0v) is 21.5. The van der Waals surface area contributed by atoms with Crippen molar-refractivity contribution in [1.29, 1.82) is 0 Å². The normalized spacial score (nSPS) is 55.5. The van der Waals surface area contributed by atoms with Crippen LogP contribution >= 0.6 is 0 Å². The van der Waals surface area contributed by atoms with Crippen LogP contribution in [0.15, 0.2) is 12.2 Å². The molecule has 1 N–H and O–H groups in total. The molecule has 9 atom stereocenters. The molecule has 0 radical (unpaired) electrons. The van der Waals surface area contributed by atoms with Crippen LogP contribution in [0.1, 0.15) is 112 Å². The molecular weight excluding hydrogens is 376 g/mol. The van der Waals surface area contributed by atoms with E-state index in [-0.39, 0.29) is 5.41 Å². The molecule has 0 heterocycles. The summed E-state index contributed by atoms with van der Waals surface area (Å²) in [6.07, 6.45) is 15.1. The molecule has 1 heteroatoms. The maximum atomic E-state index is 10.6. The van der Waals surface area contributed by atoms with Crippen LogP contribution in [0.3, 0.4) is 0 Å². The molecule has 5 saturated carbocycles. The van der Waals surface area contributed by atoms with E-state index in [0.717, 1.165) is 17.8 Å². The van der Waals surface area contributed by atoms with Crippen LogP contribution in [0.2, 0.25) is 0 Å². The second-order valence-electron chi connectivity index (χ2n) is 14.5. The Balaban J connectivity index is 1.55. The Kier molecular flexibility index (Phi) is 4.98. The van der Waals surface area contributed by atoms with Crippen LogP contribution in [-0.2, 0) is 0 Å². The Hall–Kier alpha value is -0.300. The van der Waals surface area contributed by atoms with Gasteiger partial charge in [0.2, 0.25) is 0 Å². The van der Waals surface area contributed by atoms with Crippen molar-refractivity contribution in [2.45, 2.75) is 112 Å². The number of hydrogen-bond donors (Lipinski definition) is 1. The lowest BCUT2D eigenvalue weighted by atomic mass is 9.32. The highest BCUT2D eigenvalue weighted by Gasteiger charge is 2.70. The van der Waals surface area contributed by atoms with E-state index >= 15 is 0 Å². The summed E-state index contributed by atoms with van der Waals surface area (Å²) < 4.78 is 0. The average molecular weight is 427 g/mol. The van der Waals surface area contributed by atoms with E-state index in [0.29, 0.717) is 40.1 Å². The third kappa shape index (κ3) is 2.71. The molecule has 5 aliphatic carbocycles. The molecule has 0 saturated heterocycles. The fraction of sp³-hybridized carbons (Fsp3) is 0.933. The Bertz CT molecular complexity index is 752. The first-order chi connectivity index (χ1) is 14.5. The summed E-state index contributed by atoms with van der Waals surface area (Å²) in [6.45, 7) is 20.5. The van der Waals surface area contributed by atoms with Crippen molar-refractivity contribution in [3.05, 3.63) is 12.2 Å². The van der Waals surface area contributed by atoms with Crippen LogP contribution in [0.4, 0.5) is 0 Å². The number of fused-ring (bicyclic) bond motifs is 7. The van der Waals surface area contributed by atoms with Crippen molar-refractivity contribution in [3.8, 4) is 0 Å². The molecule has 0 amide bonds. The first-order valence-corrected chi connectivity index (χ1v) is 13.7. The number of rotatable bonds is 2. The molecule has 1 nitrogen and oxygen atoms in total. The van der Waals surface area contributed by atoms with Gasteiger partial charge < -0.3 is 5.11 Å². The van der Waals surface area contributed by atoms with E-state index in [1.165, 1.54) is 76.2 Å². The molecule has 5 aliphatic rings. The van der Waals surface area contributed by atoms with Gasteiger partial charge in [-0.3, -0.25) is 0 Å². The van der Waals surface area contributed by atoms with Gasteiger partial charge in [-0.2, -0.15) is 0 Å². The Morgan fingerprint density at radius 2 is 1.55 bits per heavy atom. The monoisotopic (exact) mass is 426 g/mol. The Morgan fingerprint density at radius 3 is 2.23 bits per heavy atom. The van der Waals surface area contributed by atoms with Gasteiger partial charge in [-0.25, -0.2) is 0 Å². The summed E-state index contributed by atoms with van der Waals surface area (Å²) in [5.74, 6) is 3.86. The lowest BCUT2D eigenvalue weighted by Crippen LogP contribution is -2.65. The minimum absolute atomic E-state index is 0.185. The summed E-state index contributed by atoms with van der Waals surface area (Å²) in [7, 11) is 0. The summed E-state index contributed by atoms with van der Waals surface area (Å²) >= 11 is 0. The van der Waals surface area contributed by atoms with Crippen LogP contribution in [-0.4, -0.2) is 11.7 Å². The molecule has 0 aromatic carbocycles. The third-order valence-corrected chi connectivity index (χ3v) is 13.3. The number of aliphatic hydroxyl groups is 1. The first kappa shape index (κ1) is 22.5. The first-order valence-electron chi connectivity index (χ1n) is 13.7. The van der Waals surface area contributed by atoms with Crippen LogP contribution < -0.4 is 0 Å². The zero-order chi connectivity index (χ0) is 22.4. The van der Waals surface area contributed by atoms with Crippen molar-refractivity contribution < 1.29 is 5.11 Å². The fourth-order valence-electron chi connectivity index (χ4n) is 11.7. The van der Waals surface area contributed by atoms with Gasteiger partial charge in [-0.05, 0) is 128 Å². The third-order valence-electron chi connectivity index (χ3n) is 13.3. The van der Waals surface area contributed by atoms with E-state index in [2.05, 4.69) is 48.1 Å². The SMILES string of the molecule is C=C(C)[C@H]1CC[C@]2(CO)CC[C@]3(C)[C@H](CC[C@@H]4[C@@]5(C)CCCC(C)(C)[C@H]5CC[C@]43C)[C@H]12. The predicted octanol–water partition coefficient (Wildman–Crippen LogP) is 8.03. The van der Waals surface area contributed by atoms with E-state index in [9.17, 15) is 5.11 Å². The molecule has 0 bridgehead atoms. The van der Waals surface area contributed by atoms with Gasteiger partial charge in [-0.1, -0.05) is 53.2 Å². The molecule has 5 fully saturated rings. The summed E-state index contributed by atoms with van der Waals surface area (Å²) in [5, 5.41) is 10.6. The standard InChI is InChI=1S/C30H50O/c1-20(2)21-11-16-30(19-31)18-17-28(6)22(25(21)30)9-10-24-27(5)14-8-13-26(3,4)23(27)12-15-29(24,28)7/h21-25,31H,1,8-19H2,2-7H3/t21-,22-,23-,24-,25+,27+,28-,29-,30-/m1/s1. The predicted molar refractivity (Wildman–Crippen MR) is 131 cm³/mol. The van der Waals surface area contributed by atoms with E-state index in [1.54, 1.807) is 0 Å². The lowest BCUT2D eigenvalue weighted by Gasteiger charge is -2.72. The maximum Gasteiger partial charge on any atom is 0.0490 e.